The summed E-state index contributed by atoms with van der Waals surface area (Å²) >= 11 is 6.26. The second-order valence-electron chi connectivity index (χ2n) is 15.7. The normalized spacial score (nSPS) is 27.3. The second kappa shape index (κ2) is 17.2. The molecular formula is C43H43ClN4O15. The lowest BCUT2D eigenvalue weighted by Gasteiger charge is -2.47. The zero-order valence-corrected chi connectivity index (χ0v) is 34.8. The Morgan fingerprint density at radius 1 is 1.02 bits per heavy atom. The highest BCUT2D eigenvalue weighted by atomic mass is 35.5. The summed E-state index contributed by atoms with van der Waals surface area (Å²) in [5, 5.41) is 62.7. The van der Waals surface area contributed by atoms with Crippen LogP contribution in [0.1, 0.15) is 79.2 Å². The maximum absolute atomic E-state index is 14.2. The van der Waals surface area contributed by atoms with Crippen LogP contribution in [0.3, 0.4) is 0 Å². The number of benzene rings is 3. The number of nitrogens with one attached hydrogen (secondary N) is 1. The fraction of sp³-hybridized carbons (Fsp3) is 0.395. The Bertz CT molecular complexity index is 2480. The van der Waals surface area contributed by atoms with Crippen LogP contribution in [0.25, 0.3) is 0 Å². The molecule has 332 valence electrons. The van der Waals surface area contributed by atoms with Crippen molar-refractivity contribution < 1.29 is 73.2 Å². The Labute approximate surface area is 364 Å². The van der Waals surface area contributed by atoms with Gasteiger partial charge in [0, 0.05) is 84.9 Å². The van der Waals surface area contributed by atoms with Crippen LogP contribution in [0.5, 0.6) is 17.2 Å². The summed E-state index contributed by atoms with van der Waals surface area (Å²) < 4.78 is 29.1. The number of hydrogen-bond acceptors (Lipinski definition) is 17. The van der Waals surface area contributed by atoms with Crippen LogP contribution in [-0.4, -0.2) is 142 Å². The number of fused-ring (bicyclic) bond motifs is 3. The van der Waals surface area contributed by atoms with E-state index in [1.54, 1.807) is 6.92 Å². The lowest BCUT2D eigenvalue weighted by Crippen LogP contribution is -2.59. The van der Waals surface area contributed by atoms with Gasteiger partial charge in [0.05, 0.1) is 66.7 Å². The van der Waals surface area contributed by atoms with Gasteiger partial charge in [0.15, 0.2) is 18.4 Å². The molecule has 63 heavy (non-hydrogen) atoms. The molecule has 20 heteroatoms. The lowest BCUT2D eigenvalue weighted by molar-refractivity contribution is -0.265. The topological polar surface area (TPSA) is 264 Å². The average molecular weight is 891 g/mol. The number of aromatic hydroxyl groups is 2. The highest BCUT2D eigenvalue weighted by Gasteiger charge is 2.50. The van der Waals surface area contributed by atoms with Gasteiger partial charge in [-0.2, -0.15) is 5.10 Å². The molecule has 7 atom stereocenters. The highest BCUT2D eigenvalue weighted by molar-refractivity contribution is 6.33. The molecule has 3 aliphatic heterocycles. The van der Waals surface area contributed by atoms with Gasteiger partial charge in [-0.1, -0.05) is 23.7 Å². The Kier molecular flexibility index (Phi) is 12.0. The standard InChI is InChI=1S/C43H43ClN4O15/c1-19-37(52)25(47-9-10-61-32(17-47)60-3)14-31(62-19)63-27-16-43(58,28(18-49)45-46-42(57)20-11-21(44)13-22(12-20)48-29(50)7-8-30(48)51)15-24-34(27)41(56)36-35(39(24)54)38(53)23-5-4-6-26(59-2)33(23)40(36)55/h4-8,11-13,19,25,27,31-32,37,49,52,54,56,58H,9-10,14-18H2,1-3H3,(H,46,57)/b45-28+/t19-,25?,27-,31-,32+,37+,43-/m0/s1. The van der Waals surface area contributed by atoms with Crippen LogP contribution in [-0.2, 0) is 35.0 Å². The molecule has 8 rings (SSSR count). The lowest BCUT2D eigenvalue weighted by atomic mass is 9.71. The molecule has 3 aromatic rings. The number of rotatable bonds is 10. The summed E-state index contributed by atoms with van der Waals surface area (Å²) in [7, 11) is 2.81. The number of nitrogens with zero attached hydrogens (tertiary/aromatic N) is 3. The minimum atomic E-state index is -2.30. The number of hydrazone groups is 1. The minimum absolute atomic E-state index is 0.00429. The number of hydrogen-bond donors (Lipinski definition) is 6. The number of halogens is 1. The van der Waals surface area contributed by atoms with Gasteiger partial charge >= 0.3 is 0 Å². The fourth-order valence-electron chi connectivity index (χ4n) is 8.95. The molecule has 5 aliphatic rings. The van der Waals surface area contributed by atoms with Crippen molar-refractivity contribution in [2.75, 3.05) is 45.4 Å². The smallest absolute Gasteiger partial charge is 0.271 e. The number of methoxy groups -OCH3 is 2. The largest absolute Gasteiger partial charge is 0.507 e. The number of aliphatic hydroxyl groups is 3. The van der Waals surface area contributed by atoms with Crippen molar-refractivity contribution in [3.63, 3.8) is 0 Å². The maximum atomic E-state index is 14.2. The van der Waals surface area contributed by atoms with Crippen molar-refractivity contribution >= 4 is 52.3 Å². The maximum Gasteiger partial charge on any atom is 0.271 e. The predicted octanol–water partition coefficient (Wildman–Crippen LogP) is 1.65. The van der Waals surface area contributed by atoms with E-state index < -0.39 is 120 Å². The van der Waals surface area contributed by atoms with Crippen LogP contribution in [0.15, 0.2) is 53.7 Å². The summed E-state index contributed by atoms with van der Waals surface area (Å²) in [6.07, 6.45) is -3.95. The fourth-order valence-corrected chi connectivity index (χ4v) is 9.18. The minimum Gasteiger partial charge on any atom is -0.507 e. The number of ether oxygens (including phenoxy) is 5. The third-order valence-corrected chi connectivity index (χ3v) is 12.3. The number of phenolic OH excluding ortho intramolecular Hbond substituents is 2. The number of imide groups is 1. The Morgan fingerprint density at radius 2 is 1.75 bits per heavy atom. The molecule has 19 nitrogen and oxygen atoms in total. The van der Waals surface area contributed by atoms with E-state index in [2.05, 4.69) is 10.5 Å². The first-order valence-electron chi connectivity index (χ1n) is 19.9. The number of anilines is 1. The van der Waals surface area contributed by atoms with E-state index in [1.807, 2.05) is 4.90 Å². The summed E-state index contributed by atoms with van der Waals surface area (Å²) in [4.78, 5) is 69.3. The Balaban J connectivity index is 1.18. The van der Waals surface area contributed by atoms with Gasteiger partial charge in [-0.25, -0.2) is 10.3 Å². The molecule has 3 heterocycles. The molecule has 3 amide bonds. The van der Waals surface area contributed by atoms with Gasteiger partial charge in [0.2, 0.25) is 5.78 Å². The molecule has 0 spiro atoms. The predicted molar refractivity (Wildman–Crippen MR) is 219 cm³/mol. The molecule has 2 aliphatic carbocycles. The van der Waals surface area contributed by atoms with Crippen LogP contribution in [0.4, 0.5) is 5.69 Å². The molecule has 6 N–H and O–H groups in total. The van der Waals surface area contributed by atoms with Crippen molar-refractivity contribution in [3.8, 4) is 17.2 Å². The van der Waals surface area contributed by atoms with Gasteiger partial charge in [-0.15, -0.1) is 0 Å². The second-order valence-corrected chi connectivity index (χ2v) is 16.2. The zero-order valence-electron chi connectivity index (χ0n) is 34.1. The highest BCUT2D eigenvalue weighted by Crippen LogP contribution is 2.53. The van der Waals surface area contributed by atoms with E-state index in [-0.39, 0.29) is 50.7 Å². The molecule has 0 saturated carbocycles. The SMILES string of the molecule is COc1cccc2c1C(=O)c1c(O)c3c(c(O)c1C2=O)C[C@@](O)(/C(CO)=N/NC(=O)c1cc(Cl)cc(N2C(=O)C=CC2=O)c1)C[C@@H]3O[C@H]1CC(N2CCO[C@@H](OC)C2)[C@H](O)[C@H](C)O1. The van der Waals surface area contributed by atoms with Gasteiger partial charge in [-0.05, 0) is 31.2 Å². The number of aliphatic hydroxyl groups excluding tert-OH is 2. The van der Waals surface area contributed by atoms with Gasteiger partial charge in [-0.3, -0.25) is 28.9 Å². The molecule has 0 aromatic heterocycles. The Hall–Kier alpha value is -5.61. The number of ketones is 2. The first-order valence-corrected chi connectivity index (χ1v) is 20.3. The first kappa shape index (κ1) is 44.0. The van der Waals surface area contributed by atoms with E-state index in [9.17, 15) is 49.5 Å². The van der Waals surface area contributed by atoms with E-state index in [0.29, 0.717) is 19.7 Å². The molecule has 1 unspecified atom stereocenters. The van der Waals surface area contributed by atoms with E-state index in [4.69, 9.17) is 35.3 Å². The summed E-state index contributed by atoms with van der Waals surface area (Å²) in [5.74, 6) is -5.29. The number of amides is 3. The molecule has 3 aromatic carbocycles. The number of carbonyl (C=O) groups excluding carboxylic acids is 5. The monoisotopic (exact) mass is 890 g/mol. The van der Waals surface area contributed by atoms with Gasteiger partial charge in [0.1, 0.15) is 22.8 Å². The molecule has 2 fully saturated rings. The van der Waals surface area contributed by atoms with Crippen LogP contribution in [0, 0.1) is 0 Å². The van der Waals surface area contributed by atoms with Gasteiger partial charge < -0.3 is 49.2 Å². The van der Waals surface area contributed by atoms with Crippen molar-refractivity contribution in [1.29, 1.82) is 0 Å². The van der Waals surface area contributed by atoms with E-state index >= 15 is 0 Å². The number of carbonyl (C=O) groups is 5. The van der Waals surface area contributed by atoms with E-state index in [0.717, 1.165) is 17.1 Å². The third-order valence-electron chi connectivity index (χ3n) is 12.1. The van der Waals surface area contributed by atoms with Crippen molar-refractivity contribution in [1.82, 2.24) is 10.3 Å². The Morgan fingerprint density at radius 3 is 2.44 bits per heavy atom. The van der Waals surface area contributed by atoms with Crippen LogP contribution >= 0.6 is 11.6 Å². The average Bonchev–Trinajstić information content (AvgIpc) is 3.61. The van der Waals surface area contributed by atoms with Crippen molar-refractivity contribution in [2.24, 2.45) is 5.10 Å². The zero-order chi connectivity index (χ0) is 45.1. The van der Waals surface area contributed by atoms with Crippen molar-refractivity contribution in [3.05, 3.63) is 92.5 Å². The molecule has 0 bridgehead atoms. The van der Waals surface area contributed by atoms with Crippen LogP contribution < -0.4 is 15.1 Å². The quantitative estimate of drug-likeness (QED) is 0.0572. The number of phenols is 2. The molecule has 2 saturated heterocycles. The summed E-state index contributed by atoms with van der Waals surface area (Å²) in [6, 6.07) is 7.53. The first-order chi connectivity index (χ1) is 30.1. The third kappa shape index (κ3) is 7.78. The number of morpholine rings is 1. The molecular weight excluding hydrogens is 848 g/mol. The van der Waals surface area contributed by atoms with Crippen molar-refractivity contribution in [2.45, 2.75) is 68.7 Å². The van der Waals surface area contributed by atoms with Crippen LogP contribution in [0.2, 0.25) is 5.02 Å². The summed E-state index contributed by atoms with van der Waals surface area (Å²) in [5.41, 5.74) is -2.33. The van der Waals surface area contributed by atoms with E-state index in [1.165, 1.54) is 50.6 Å². The van der Waals surface area contributed by atoms with Gasteiger partial charge in [0.25, 0.3) is 17.7 Å². The summed E-state index contributed by atoms with van der Waals surface area (Å²) in [6.45, 7) is 1.74. The molecule has 0 radical (unpaired) electrons.